The van der Waals surface area contributed by atoms with E-state index in [0.717, 1.165) is 23.5 Å². The Kier molecular flexibility index (Phi) is 5.47. The summed E-state index contributed by atoms with van der Waals surface area (Å²) in [6.45, 7) is 10.5. The number of benzene rings is 2. The van der Waals surface area contributed by atoms with Gasteiger partial charge in [0.2, 0.25) is 0 Å². The zero-order valence-electron chi connectivity index (χ0n) is 18.9. The fourth-order valence-corrected chi connectivity index (χ4v) is 4.74. The maximum atomic E-state index is 13.6. The van der Waals surface area contributed by atoms with E-state index < -0.39 is 0 Å². The first-order valence-electron chi connectivity index (χ1n) is 10.8. The molecule has 1 atom stereocenters. The van der Waals surface area contributed by atoms with Crippen LogP contribution in [0.15, 0.2) is 54.6 Å². The molecule has 0 amide bonds. The fourth-order valence-electron chi connectivity index (χ4n) is 4.61. The standard InChI is InChI=1S/C26H30ClN3O/c1-17-23(22(31)16-25(2,3)19-11-13-20(27)14-12-19)24-28-21(18-9-7-6-8-10-18)15-26(4,5)30(24)29-17/h6-14,21,28H,15-16H2,1-5H3. The number of aromatic nitrogens is 2. The zero-order valence-corrected chi connectivity index (χ0v) is 19.6. The van der Waals surface area contributed by atoms with Crippen molar-refractivity contribution in [3.05, 3.63) is 82.0 Å². The highest BCUT2D eigenvalue weighted by Gasteiger charge is 2.38. The number of halogens is 1. The lowest BCUT2D eigenvalue weighted by Gasteiger charge is -2.38. The molecule has 0 aliphatic carbocycles. The van der Waals surface area contributed by atoms with E-state index in [4.69, 9.17) is 16.7 Å². The van der Waals surface area contributed by atoms with Gasteiger partial charge < -0.3 is 5.32 Å². The van der Waals surface area contributed by atoms with E-state index in [0.29, 0.717) is 17.0 Å². The summed E-state index contributed by atoms with van der Waals surface area (Å²) < 4.78 is 2.00. The first kappa shape index (κ1) is 21.6. The topological polar surface area (TPSA) is 46.9 Å². The number of hydrogen-bond donors (Lipinski definition) is 1. The molecule has 31 heavy (non-hydrogen) atoms. The summed E-state index contributed by atoms with van der Waals surface area (Å²) in [5, 5.41) is 9.12. The molecule has 5 heteroatoms. The molecule has 0 saturated carbocycles. The molecule has 1 N–H and O–H groups in total. The van der Waals surface area contributed by atoms with Gasteiger partial charge in [0.25, 0.3) is 0 Å². The first-order valence-corrected chi connectivity index (χ1v) is 11.2. The van der Waals surface area contributed by atoms with E-state index >= 15 is 0 Å². The number of rotatable bonds is 5. The van der Waals surface area contributed by atoms with Crippen LogP contribution in [0.1, 0.15) is 73.8 Å². The highest BCUT2D eigenvalue weighted by Crippen LogP contribution is 2.42. The number of carbonyl (C=O) groups is 1. The van der Waals surface area contributed by atoms with Gasteiger partial charge in [0.15, 0.2) is 5.78 Å². The maximum absolute atomic E-state index is 13.6. The van der Waals surface area contributed by atoms with Crippen molar-refractivity contribution in [2.24, 2.45) is 0 Å². The molecule has 0 spiro atoms. The molecule has 1 aromatic heterocycles. The molecule has 162 valence electrons. The third-order valence-corrected chi connectivity index (χ3v) is 6.61. The molecule has 1 unspecified atom stereocenters. The number of carbonyl (C=O) groups excluding carboxylic acids is 1. The van der Waals surface area contributed by atoms with Crippen molar-refractivity contribution in [2.45, 2.75) is 64.5 Å². The predicted molar refractivity (Wildman–Crippen MR) is 127 cm³/mol. The lowest BCUT2D eigenvalue weighted by Crippen LogP contribution is -2.38. The first-order chi connectivity index (χ1) is 14.6. The van der Waals surface area contributed by atoms with Crippen LogP contribution in [0.5, 0.6) is 0 Å². The van der Waals surface area contributed by atoms with Crippen LogP contribution in [0, 0.1) is 6.92 Å². The normalized spacial score (nSPS) is 17.7. The Morgan fingerprint density at radius 1 is 1.16 bits per heavy atom. The van der Waals surface area contributed by atoms with Crippen molar-refractivity contribution >= 4 is 23.2 Å². The van der Waals surface area contributed by atoms with E-state index in [1.165, 1.54) is 5.56 Å². The van der Waals surface area contributed by atoms with Gasteiger partial charge in [-0.1, -0.05) is 67.9 Å². The molecule has 3 aromatic rings. The minimum atomic E-state index is -0.314. The van der Waals surface area contributed by atoms with Gasteiger partial charge in [-0.05, 0) is 55.9 Å². The molecule has 4 rings (SSSR count). The van der Waals surface area contributed by atoms with Crippen LogP contribution >= 0.6 is 11.6 Å². The molecule has 0 radical (unpaired) electrons. The maximum Gasteiger partial charge on any atom is 0.169 e. The van der Waals surface area contributed by atoms with Crippen molar-refractivity contribution in [2.75, 3.05) is 5.32 Å². The van der Waals surface area contributed by atoms with Gasteiger partial charge in [-0.3, -0.25) is 4.79 Å². The fraction of sp³-hybridized carbons (Fsp3) is 0.385. The highest BCUT2D eigenvalue weighted by atomic mass is 35.5. The minimum absolute atomic E-state index is 0.107. The lowest BCUT2D eigenvalue weighted by atomic mass is 9.79. The molecule has 1 aliphatic heterocycles. The van der Waals surface area contributed by atoms with Gasteiger partial charge in [-0.25, -0.2) is 4.68 Å². The van der Waals surface area contributed by atoms with Gasteiger partial charge in [0.05, 0.1) is 22.8 Å². The van der Waals surface area contributed by atoms with Crippen LogP contribution in [0.25, 0.3) is 0 Å². The number of aryl methyl sites for hydroxylation is 1. The number of fused-ring (bicyclic) bond motifs is 1. The minimum Gasteiger partial charge on any atom is -0.363 e. The Balaban J connectivity index is 1.68. The lowest BCUT2D eigenvalue weighted by molar-refractivity contribution is 0.0958. The van der Waals surface area contributed by atoms with E-state index in [-0.39, 0.29) is 22.8 Å². The summed E-state index contributed by atoms with van der Waals surface area (Å²) in [4.78, 5) is 13.6. The summed E-state index contributed by atoms with van der Waals surface area (Å²) >= 11 is 6.05. The second-order valence-corrected chi connectivity index (χ2v) is 10.3. The van der Waals surface area contributed by atoms with Crippen LogP contribution < -0.4 is 5.32 Å². The Morgan fingerprint density at radius 3 is 2.45 bits per heavy atom. The number of ketones is 1. The summed E-state index contributed by atoms with van der Waals surface area (Å²) in [5.74, 6) is 0.940. The number of anilines is 1. The molecule has 0 saturated heterocycles. The summed E-state index contributed by atoms with van der Waals surface area (Å²) in [6, 6.07) is 18.3. The third-order valence-electron chi connectivity index (χ3n) is 6.36. The Hall–Kier alpha value is -2.59. The molecular formula is C26H30ClN3O. The van der Waals surface area contributed by atoms with Crippen molar-refractivity contribution in [1.82, 2.24) is 9.78 Å². The smallest absolute Gasteiger partial charge is 0.169 e. The second kappa shape index (κ2) is 7.83. The van der Waals surface area contributed by atoms with Crippen LogP contribution in [-0.2, 0) is 11.0 Å². The molecule has 2 heterocycles. The molecule has 4 nitrogen and oxygen atoms in total. The Labute approximate surface area is 189 Å². The van der Waals surface area contributed by atoms with Crippen molar-refractivity contribution in [1.29, 1.82) is 0 Å². The Morgan fingerprint density at radius 2 is 1.81 bits per heavy atom. The zero-order chi connectivity index (χ0) is 22.4. The predicted octanol–water partition coefficient (Wildman–Crippen LogP) is 6.69. The summed E-state index contributed by atoms with van der Waals surface area (Å²) in [7, 11) is 0. The Bertz CT molecular complexity index is 1100. The van der Waals surface area contributed by atoms with Crippen LogP contribution in [0.4, 0.5) is 5.82 Å². The summed E-state index contributed by atoms with van der Waals surface area (Å²) in [6.07, 6.45) is 1.29. The third kappa shape index (κ3) is 4.14. The summed E-state index contributed by atoms with van der Waals surface area (Å²) in [5.41, 5.74) is 3.29. The van der Waals surface area contributed by atoms with E-state index in [2.05, 4.69) is 57.3 Å². The van der Waals surface area contributed by atoms with Gasteiger partial charge in [-0.15, -0.1) is 0 Å². The average molecular weight is 436 g/mol. The molecule has 2 aromatic carbocycles. The number of nitrogens with zero attached hydrogens (tertiary/aromatic N) is 2. The number of nitrogens with one attached hydrogen (secondary N) is 1. The van der Waals surface area contributed by atoms with E-state index in [1.54, 1.807) is 0 Å². The molecule has 1 aliphatic rings. The van der Waals surface area contributed by atoms with Gasteiger partial charge in [0, 0.05) is 11.4 Å². The largest absolute Gasteiger partial charge is 0.363 e. The van der Waals surface area contributed by atoms with Crippen molar-refractivity contribution in [3.63, 3.8) is 0 Å². The second-order valence-electron chi connectivity index (χ2n) is 9.84. The number of hydrogen-bond acceptors (Lipinski definition) is 3. The van der Waals surface area contributed by atoms with Crippen LogP contribution in [0.2, 0.25) is 5.02 Å². The SMILES string of the molecule is Cc1nn2c(c1C(=O)CC(C)(C)c1ccc(Cl)cc1)NC(c1ccccc1)CC2(C)C. The molecule has 0 fully saturated rings. The highest BCUT2D eigenvalue weighted by molar-refractivity contribution is 6.30. The van der Waals surface area contributed by atoms with E-state index in [9.17, 15) is 4.79 Å². The van der Waals surface area contributed by atoms with Crippen molar-refractivity contribution in [3.8, 4) is 0 Å². The molecule has 0 bridgehead atoms. The quantitative estimate of drug-likeness (QED) is 0.454. The number of Topliss-reactive ketones (excluding diaryl/α,β-unsaturated/α-hetero) is 1. The van der Waals surface area contributed by atoms with E-state index in [1.807, 2.05) is 41.9 Å². The van der Waals surface area contributed by atoms with Crippen molar-refractivity contribution < 1.29 is 4.79 Å². The van der Waals surface area contributed by atoms with Crippen LogP contribution in [0.3, 0.4) is 0 Å². The average Bonchev–Trinajstić information content (AvgIpc) is 3.05. The molecular weight excluding hydrogens is 406 g/mol. The van der Waals surface area contributed by atoms with Gasteiger partial charge in [0.1, 0.15) is 5.82 Å². The van der Waals surface area contributed by atoms with Gasteiger partial charge in [-0.2, -0.15) is 5.10 Å². The van der Waals surface area contributed by atoms with Gasteiger partial charge >= 0.3 is 0 Å². The van der Waals surface area contributed by atoms with Crippen LogP contribution in [-0.4, -0.2) is 15.6 Å². The monoisotopic (exact) mass is 435 g/mol.